The van der Waals surface area contributed by atoms with Crippen LogP contribution in [0.5, 0.6) is 0 Å². The van der Waals surface area contributed by atoms with Crippen molar-refractivity contribution in [3.8, 4) is 24.7 Å². The van der Waals surface area contributed by atoms with Crippen LogP contribution in [0.25, 0.3) is 0 Å². The third-order valence-corrected chi connectivity index (χ3v) is 2.12. The summed E-state index contributed by atoms with van der Waals surface area (Å²) in [5, 5.41) is 13.6. The fraction of sp³-hybridized carbons (Fsp3) is 0.500. The molecule has 2 unspecified atom stereocenters. The summed E-state index contributed by atoms with van der Waals surface area (Å²) in [5.41, 5.74) is 0. The van der Waals surface area contributed by atoms with E-state index >= 15 is 0 Å². The van der Waals surface area contributed by atoms with Crippen LogP contribution < -0.4 is 10.6 Å². The first kappa shape index (κ1) is 14.9. The Morgan fingerprint density at radius 3 is 2.24 bits per heavy atom. The van der Waals surface area contributed by atoms with E-state index in [1.807, 2.05) is 6.92 Å². The third-order valence-electron chi connectivity index (χ3n) is 2.12. The van der Waals surface area contributed by atoms with Crippen LogP contribution in [0.15, 0.2) is 0 Å². The summed E-state index contributed by atoms with van der Waals surface area (Å²) < 4.78 is 0. The van der Waals surface area contributed by atoms with Crippen molar-refractivity contribution in [1.29, 1.82) is 0 Å². The monoisotopic (exact) mass is 236 g/mol. The van der Waals surface area contributed by atoms with Gasteiger partial charge in [-0.05, 0) is 6.42 Å². The number of carboxylic acids is 1. The van der Waals surface area contributed by atoms with Crippen molar-refractivity contribution in [3.63, 3.8) is 0 Å². The van der Waals surface area contributed by atoms with Gasteiger partial charge in [0.25, 0.3) is 0 Å². The molecule has 0 spiro atoms. The van der Waals surface area contributed by atoms with Crippen LogP contribution in [0.3, 0.4) is 0 Å². The topological polar surface area (TPSA) is 78.4 Å². The molecule has 0 bridgehead atoms. The maximum Gasteiger partial charge on any atom is 0.327 e. The lowest BCUT2D eigenvalue weighted by atomic mass is 10.1. The highest BCUT2D eigenvalue weighted by atomic mass is 16.4. The molecule has 5 nitrogen and oxygen atoms in total. The molecule has 0 aliphatic carbocycles. The molecule has 0 fully saturated rings. The zero-order chi connectivity index (χ0) is 13.3. The van der Waals surface area contributed by atoms with Crippen molar-refractivity contribution in [2.24, 2.45) is 0 Å². The Morgan fingerprint density at radius 1 is 1.24 bits per heavy atom. The predicted molar refractivity (Wildman–Crippen MR) is 64.1 cm³/mol. The molecule has 0 heterocycles. The standard InChI is InChI=1S/C12H16N2O3/c1-4-7-9(6-3)13-12(17)14-10(8-5-2)11(15)16/h1-2,9-10H,6-8H2,3H3,(H,15,16)(H2,13,14,17). The molecule has 3 N–H and O–H groups in total. The van der Waals surface area contributed by atoms with E-state index in [1.54, 1.807) is 0 Å². The minimum absolute atomic E-state index is 0.0608. The van der Waals surface area contributed by atoms with Crippen molar-refractivity contribution in [3.05, 3.63) is 0 Å². The van der Waals surface area contributed by atoms with Gasteiger partial charge in [-0.15, -0.1) is 24.7 Å². The predicted octanol–water partition coefficient (Wildman–Crippen LogP) is 0.564. The molecule has 17 heavy (non-hydrogen) atoms. The smallest absolute Gasteiger partial charge is 0.327 e. The molecule has 0 aromatic heterocycles. The number of rotatable bonds is 6. The van der Waals surface area contributed by atoms with E-state index in [-0.39, 0.29) is 12.5 Å². The molecule has 0 aliphatic heterocycles. The fourth-order valence-electron chi connectivity index (χ4n) is 1.14. The number of aliphatic carboxylic acids is 1. The summed E-state index contributed by atoms with van der Waals surface area (Å²) in [7, 11) is 0. The first-order chi connectivity index (χ1) is 8.04. The van der Waals surface area contributed by atoms with Gasteiger partial charge in [-0.1, -0.05) is 6.92 Å². The largest absolute Gasteiger partial charge is 0.480 e. The Balaban J connectivity index is 4.28. The lowest BCUT2D eigenvalue weighted by Crippen LogP contribution is -2.48. The van der Waals surface area contributed by atoms with Crippen LogP contribution >= 0.6 is 0 Å². The van der Waals surface area contributed by atoms with Gasteiger partial charge in [-0.3, -0.25) is 0 Å². The summed E-state index contributed by atoms with van der Waals surface area (Å²) in [6, 6.07) is -1.82. The van der Waals surface area contributed by atoms with Crippen molar-refractivity contribution in [2.45, 2.75) is 38.3 Å². The van der Waals surface area contributed by atoms with Gasteiger partial charge in [-0.25, -0.2) is 9.59 Å². The maximum atomic E-state index is 11.5. The Bertz CT molecular complexity index is 352. The lowest BCUT2D eigenvalue weighted by Gasteiger charge is -2.17. The van der Waals surface area contributed by atoms with Crippen LogP contribution in [-0.2, 0) is 4.79 Å². The number of carbonyl (C=O) groups is 2. The normalized spacial score (nSPS) is 12.6. The van der Waals surface area contributed by atoms with Gasteiger partial charge < -0.3 is 15.7 Å². The van der Waals surface area contributed by atoms with Gasteiger partial charge in [0.1, 0.15) is 6.04 Å². The molecule has 5 heteroatoms. The molecular weight excluding hydrogens is 220 g/mol. The average molecular weight is 236 g/mol. The number of carboxylic acid groups (broad SMARTS) is 1. The van der Waals surface area contributed by atoms with Crippen molar-refractivity contribution in [2.75, 3.05) is 0 Å². The fourth-order valence-corrected chi connectivity index (χ4v) is 1.14. The van der Waals surface area contributed by atoms with Crippen molar-refractivity contribution in [1.82, 2.24) is 10.6 Å². The second kappa shape index (κ2) is 8.06. The minimum Gasteiger partial charge on any atom is -0.480 e. The van der Waals surface area contributed by atoms with Gasteiger partial charge >= 0.3 is 12.0 Å². The first-order valence-corrected chi connectivity index (χ1v) is 5.21. The summed E-state index contributed by atoms with van der Waals surface area (Å²) in [6.07, 6.45) is 11.2. The van der Waals surface area contributed by atoms with E-state index in [1.165, 1.54) is 0 Å². The van der Waals surface area contributed by atoms with E-state index < -0.39 is 18.0 Å². The van der Waals surface area contributed by atoms with Crippen LogP contribution in [0, 0.1) is 24.7 Å². The Morgan fingerprint density at radius 2 is 1.82 bits per heavy atom. The van der Waals surface area contributed by atoms with E-state index in [4.69, 9.17) is 18.0 Å². The van der Waals surface area contributed by atoms with Crippen molar-refractivity contribution >= 4 is 12.0 Å². The molecular formula is C12H16N2O3. The van der Waals surface area contributed by atoms with E-state index in [2.05, 4.69) is 22.5 Å². The SMILES string of the molecule is C#CCC(CC)NC(=O)NC(CC#C)C(=O)O. The van der Waals surface area contributed by atoms with Gasteiger partial charge in [0.05, 0.1) is 0 Å². The summed E-state index contributed by atoms with van der Waals surface area (Å²) >= 11 is 0. The molecule has 2 amide bonds. The van der Waals surface area contributed by atoms with E-state index in [0.29, 0.717) is 12.8 Å². The van der Waals surface area contributed by atoms with E-state index in [0.717, 1.165) is 0 Å². The number of hydrogen-bond donors (Lipinski definition) is 3. The first-order valence-electron chi connectivity index (χ1n) is 5.21. The zero-order valence-corrected chi connectivity index (χ0v) is 9.69. The van der Waals surface area contributed by atoms with Gasteiger partial charge in [-0.2, -0.15) is 0 Å². The summed E-state index contributed by atoms with van der Waals surface area (Å²) in [4.78, 5) is 22.2. The number of amides is 2. The molecule has 0 aromatic carbocycles. The molecule has 0 saturated carbocycles. The van der Waals surface area contributed by atoms with Crippen molar-refractivity contribution < 1.29 is 14.7 Å². The minimum atomic E-state index is -1.16. The number of hydrogen-bond acceptors (Lipinski definition) is 2. The summed E-state index contributed by atoms with van der Waals surface area (Å²) in [5.74, 6) is 3.46. The third kappa shape index (κ3) is 6.11. The quantitative estimate of drug-likeness (QED) is 0.590. The molecule has 2 atom stereocenters. The second-order valence-electron chi connectivity index (χ2n) is 3.43. The van der Waals surface area contributed by atoms with Gasteiger partial charge in [0.15, 0.2) is 0 Å². The zero-order valence-electron chi connectivity index (χ0n) is 9.69. The molecule has 0 rings (SSSR count). The van der Waals surface area contributed by atoms with Gasteiger partial charge in [0, 0.05) is 18.9 Å². The highest BCUT2D eigenvalue weighted by molar-refractivity contribution is 5.82. The maximum absolute atomic E-state index is 11.5. The Hall–Kier alpha value is -2.14. The van der Waals surface area contributed by atoms with Crippen LogP contribution in [0.1, 0.15) is 26.2 Å². The Kier molecular flexibility index (Phi) is 7.05. The molecule has 0 radical (unpaired) electrons. The molecule has 0 aromatic rings. The summed E-state index contributed by atoms with van der Waals surface area (Å²) in [6.45, 7) is 1.87. The number of nitrogens with one attached hydrogen (secondary N) is 2. The van der Waals surface area contributed by atoms with E-state index in [9.17, 15) is 9.59 Å². The molecule has 0 aliphatic rings. The van der Waals surface area contributed by atoms with Crippen LogP contribution in [-0.4, -0.2) is 29.2 Å². The van der Waals surface area contributed by atoms with Crippen LogP contribution in [0.2, 0.25) is 0 Å². The lowest BCUT2D eigenvalue weighted by molar-refractivity contribution is -0.139. The Labute approximate surface area is 101 Å². The number of urea groups is 1. The van der Waals surface area contributed by atoms with Crippen LogP contribution in [0.4, 0.5) is 4.79 Å². The highest BCUT2D eigenvalue weighted by Crippen LogP contribution is 1.97. The molecule has 0 saturated heterocycles. The average Bonchev–Trinajstić information content (AvgIpc) is 2.27. The van der Waals surface area contributed by atoms with Gasteiger partial charge in [0.2, 0.25) is 0 Å². The highest BCUT2D eigenvalue weighted by Gasteiger charge is 2.19. The molecule has 92 valence electrons. The second-order valence-corrected chi connectivity index (χ2v) is 3.43. The number of carbonyl (C=O) groups excluding carboxylic acids is 1. The number of terminal acetylenes is 2.